The zero-order valence-corrected chi connectivity index (χ0v) is 12.5. The van der Waals surface area contributed by atoms with Crippen LogP contribution in [0.1, 0.15) is 33.1 Å². The molecule has 0 amide bonds. The van der Waals surface area contributed by atoms with Gasteiger partial charge < -0.3 is 0 Å². The van der Waals surface area contributed by atoms with Crippen LogP contribution in [0.15, 0.2) is 0 Å². The molecule has 6 nitrogen and oxygen atoms in total. The molecule has 1 aliphatic heterocycles. The van der Waals surface area contributed by atoms with Gasteiger partial charge in [-0.05, 0) is 39.0 Å². The lowest BCUT2D eigenvalue weighted by Crippen LogP contribution is -2.40. The van der Waals surface area contributed by atoms with Gasteiger partial charge in [0.25, 0.3) is 10.2 Å². The number of hydrogen-bond donors (Lipinski definition) is 2. The van der Waals surface area contributed by atoms with E-state index in [0.29, 0.717) is 19.4 Å². The third-order valence-corrected chi connectivity index (χ3v) is 6.00. The molecule has 0 aliphatic carbocycles. The number of nitrogens with one attached hydrogen (secondary N) is 2. The lowest BCUT2D eigenvalue weighted by Gasteiger charge is -2.11. The van der Waals surface area contributed by atoms with Gasteiger partial charge in [-0.25, -0.2) is 13.1 Å². The van der Waals surface area contributed by atoms with Crippen LogP contribution in [0, 0.1) is 5.92 Å². The third kappa shape index (κ3) is 6.12. The van der Waals surface area contributed by atoms with Crippen molar-refractivity contribution >= 4 is 20.0 Å². The molecule has 2 N–H and O–H groups in total. The molecule has 1 atom stereocenters. The Morgan fingerprint density at radius 2 is 2.00 bits per heavy atom. The molecule has 8 heteroatoms. The SMILES string of the molecule is CC(C)NS(=O)(=O)NCCCC1CCS(=O)(=O)C1. The molecule has 0 aromatic heterocycles. The van der Waals surface area contributed by atoms with Gasteiger partial charge in [0.2, 0.25) is 0 Å². The summed E-state index contributed by atoms with van der Waals surface area (Å²) in [4.78, 5) is 0. The highest BCUT2D eigenvalue weighted by Gasteiger charge is 2.27. The summed E-state index contributed by atoms with van der Waals surface area (Å²) in [5.41, 5.74) is 0. The van der Waals surface area contributed by atoms with Crippen LogP contribution in [0.5, 0.6) is 0 Å². The predicted molar refractivity (Wildman–Crippen MR) is 71.2 cm³/mol. The van der Waals surface area contributed by atoms with E-state index >= 15 is 0 Å². The van der Waals surface area contributed by atoms with Crippen molar-refractivity contribution in [2.24, 2.45) is 5.92 Å². The van der Waals surface area contributed by atoms with Crippen LogP contribution in [0.3, 0.4) is 0 Å². The summed E-state index contributed by atoms with van der Waals surface area (Å²) in [6.45, 7) is 3.85. The molecule has 1 unspecified atom stereocenters. The first-order valence-corrected chi connectivity index (χ1v) is 9.48. The zero-order valence-electron chi connectivity index (χ0n) is 10.8. The van der Waals surface area contributed by atoms with Crippen LogP contribution in [0.2, 0.25) is 0 Å². The maximum atomic E-state index is 11.4. The second-order valence-corrected chi connectivity index (χ2v) is 8.84. The number of hydrogen-bond acceptors (Lipinski definition) is 4. The minimum absolute atomic E-state index is 0.137. The van der Waals surface area contributed by atoms with E-state index in [9.17, 15) is 16.8 Å². The molecular weight excluding hydrogens is 276 g/mol. The van der Waals surface area contributed by atoms with Crippen LogP contribution < -0.4 is 9.44 Å². The highest BCUT2D eigenvalue weighted by atomic mass is 32.2. The Balaban J connectivity index is 2.20. The summed E-state index contributed by atoms with van der Waals surface area (Å²) in [5.74, 6) is 0.722. The molecular formula is C10H22N2O4S2. The van der Waals surface area contributed by atoms with Crippen molar-refractivity contribution in [1.29, 1.82) is 0 Å². The second-order valence-electron chi connectivity index (χ2n) is 5.08. The molecule has 108 valence electrons. The fraction of sp³-hybridized carbons (Fsp3) is 1.00. The number of rotatable bonds is 7. The smallest absolute Gasteiger partial charge is 0.229 e. The Kier molecular flexibility index (Phi) is 5.57. The minimum atomic E-state index is -3.42. The Hall–Kier alpha value is -0.180. The molecule has 0 spiro atoms. The first kappa shape index (κ1) is 15.9. The second kappa shape index (κ2) is 6.31. The maximum absolute atomic E-state index is 11.4. The molecule has 1 saturated heterocycles. The zero-order chi connectivity index (χ0) is 13.8. The fourth-order valence-corrected chi connectivity index (χ4v) is 5.08. The average molecular weight is 298 g/mol. The molecule has 1 heterocycles. The van der Waals surface area contributed by atoms with E-state index in [1.165, 1.54) is 0 Å². The van der Waals surface area contributed by atoms with E-state index in [1.54, 1.807) is 13.8 Å². The third-order valence-electron chi connectivity index (χ3n) is 2.80. The van der Waals surface area contributed by atoms with Crippen LogP contribution in [0.25, 0.3) is 0 Å². The van der Waals surface area contributed by atoms with Gasteiger partial charge in [0.15, 0.2) is 9.84 Å². The first-order valence-electron chi connectivity index (χ1n) is 6.17. The molecule has 0 aromatic rings. The van der Waals surface area contributed by atoms with Crippen molar-refractivity contribution in [3.63, 3.8) is 0 Å². The maximum Gasteiger partial charge on any atom is 0.277 e. The summed E-state index contributed by atoms with van der Waals surface area (Å²) < 4.78 is 50.2. The summed E-state index contributed by atoms with van der Waals surface area (Å²) in [5, 5.41) is 0. The molecule has 18 heavy (non-hydrogen) atoms. The Labute approximate surface area is 110 Å². The lowest BCUT2D eigenvalue weighted by atomic mass is 10.0. The predicted octanol–water partition coefficient (Wildman–Crippen LogP) is 0.0337. The summed E-state index contributed by atoms with van der Waals surface area (Å²) in [6.07, 6.45) is 2.13. The van der Waals surface area contributed by atoms with Crippen molar-refractivity contribution in [3.8, 4) is 0 Å². The summed E-state index contributed by atoms with van der Waals surface area (Å²) >= 11 is 0. The molecule has 1 aliphatic rings. The molecule has 0 saturated carbocycles. The van der Waals surface area contributed by atoms with E-state index in [4.69, 9.17) is 0 Å². The quantitative estimate of drug-likeness (QED) is 0.649. The van der Waals surface area contributed by atoms with E-state index in [0.717, 1.165) is 6.42 Å². The van der Waals surface area contributed by atoms with Crippen LogP contribution in [0.4, 0.5) is 0 Å². The van der Waals surface area contributed by atoms with Crippen LogP contribution in [-0.2, 0) is 20.0 Å². The van der Waals surface area contributed by atoms with Crippen LogP contribution in [-0.4, -0.2) is 40.9 Å². The van der Waals surface area contributed by atoms with Crippen molar-refractivity contribution in [2.75, 3.05) is 18.1 Å². The van der Waals surface area contributed by atoms with E-state index in [-0.39, 0.29) is 23.5 Å². The van der Waals surface area contributed by atoms with Gasteiger partial charge in [-0.1, -0.05) is 0 Å². The Morgan fingerprint density at radius 3 is 2.50 bits per heavy atom. The largest absolute Gasteiger partial charge is 0.277 e. The van der Waals surface area contributed by atoms with Gasteiger partial charge in [-0.3, -0.25) is 0 Å². The first-order chi connectivity index (χ1) is 8.20. The highest BCUT2D eigenvalue weighted by Crippen LogP contribution is 2.22. The van der Waals surface area contributed by atoms with Crippen LogP contribution >= 0.6 is 0 Å². The molecule has 0 bridgehead atoms. The van der Waals surface area contributed by atoms with E-state index in [1.807, 2.05) is 0 Å². The van der Waals surface area contributed by atoms with E-state index in [2.05, 4.69) is 9.44 Å². The van der Waals surface area contributed by atoms with Gasteiger partial charge in [0, 0.05) is 12.6 Å². The Bertz CT molecular complexity index is 456. The van der Waals surface area contributed by atoms with Crippen molar-refractivity contribution in [2.45, 2.75) is 39.2 Å². The standard InChI is InChI=1S/C10H22N2O4S2/c1-9(2)12-18(15,16)11-6-3-4-10-5-7-17(13,14)8-10/h9-12H,3-8H2,1-2H3. The molecule has 0 aromatic carbocycles. The topological polar surface area (TPSA) is 92.3 Å². The minimum Gasteiger partial charge on any atom is -0.229 e. The monoisotopic (exact) mass is 298 g/mol. The van der Waals surface area contributed by atoms with Crippen molar-refractivity contribution < 1.29 is 16.8 Å². The molecule has 1 fully saturated rings. The van der Waals surface area contributed by atoms with Crippen molar-refractivity contribution in [1.82, 2.24) is 9.44 Å². The molecule has 1 rings (SSSR count). The van der Waals surface area contributed by atoms with Gasteiger partial charge in [0.05, 0.1) is 11.5 Å². The normalized spacial score (nSPS) is 23.6. The van der Waals surface area contributed by atoms with Crippen molar-refractivity contribution in [3.05, 3.63) is 0 Å². The van der Waals surface area contributed by atoms with Gasteiger partial charge in [-0.15, -0.1) is 0 Å². The number of sulfone groups is 1. The average Bonchev–Trinajstić information content (AvgIpc) is 2.51. The summed E-state index contributed by atoms with van der Waals surface area (Å²) in [6, 6.07) is -0.137. The van der Waals surface area contributed by atoms with Gasteiger partial charge in [0.1, 0.15) is 0 Å². The highest BCUT2D eigenvalue weighted by molar-refractivity contribution is 7.91. The fourth-order valence-electron chi connectivity index (χ4n) is 2.05. The van der Waals surface area contributed by atoms with E-state index < -0.39 is 20.0 Å². The molecule has 0 radical (unpaired) electrons. The lowest BCUT2D eigenvalue weighted by molar-refractivity contribution is 0.508. The summed E-state index contributed by atoms with van der Waals surface area (Å²) in [7, 11) is -6.25. The van der Waals surface area contributed by atoms with Gasteiger partial charge in [-0.2, -0.15) is 13.1 Å². The van der Waals surface area contributed by atoms with Gasteiger partial charge >= 0.3 is 0 Å². The Morgan fingerprint density at radius 1 is 1.33 bits per heavy atom.